The SMILES string of the molecule is O.O=C1C=CC=C/C1=C/NCCCNCCCN/C=C1/C=CC=CC1=O.[Co]. The van der Waals surface area contributed by atoms with E-state index in [0.717, 1.165) is 39.0 Å². The molecule has 2 aliphatic rings. The Kier molecular flexibility index (Phi) is 13.7. The Morgan fingerprint density at radius 2 is 1.07 bits per heavy atom. The van der Waals surface area contributed by atoms with Gasteiger partial charge in [0.2, 0.25) is 0 Å². The first kappa shape index (κ1) is 24.8. The van der Waals surface area contributed by atoms with Gasteiger partial charge in [-0.15, -0.1) is 0 Å². The molecular weight excluding hydrogens is 389 g/mol. The summed E-state index contributed by atoms with van der Waals surface area (Å²) in [5.74, 6) is 0.0778. The van der Waals surface area contributed by atoms with Crippen LogP contribution >= 0.6 is 0 Å². The summed E-state index contributed by atoms with van der Waals surface area (Å²) in [6.07, 6.45) is 19.5. The van der Waals surface area contributed by atoms with E-state index in [-0.39, 0.29) is 33.8 Å². The standard InChI is InChI=1S/C20H25N3O2.Co.H2O/c24-19-9-3-1-7-17(19)15-22-13-5-11-21-12-6-14-23-16-18-8-2-4-10-20(18)25;;/h1-4,7-10,15-16,21-23H,5-6,11-14H2;;1H2/b17-15-,18-16-;;. The number of nitrogens with one attached hydrogen (secondary N) is 3. The smallest absolute Gasteiger partial charge is 0.187 e. The summed E-state index contributed by atoms with van der Waals surface area (Å²) in [5.41, 5.74) is 1.38. The van der Waals surface area contributed by atoms with Crippen molar-refractivity contribution in [3.8, 4) is 0 Å². The van der Waals surface area contributed by atoms with E-state index in [1.165, 1.54) is 0 Å². The summed E-state index contributed by atoms with van der Waals surface area (Å²) >= 11 is 0. The summed E-state index contributed by atoms with van der Waals surface area (Å²) in [6.45, 7) is 3.50. The summed E-state index contributed by atoms with van der Waals surface area (Å²) in [6, 6.07) is 0. The Morgan fingerprint density at radius 3 is 1.48 bits per heavy atom. The molecular formula is C20H27CoN3O3. The minimum atomic E-state index is 0. The molecule has 0 aromatic heterocycles. The maximum Gasteiger partial charge on any atom is 0.187 e. The van der Waals surface area contributed by atoms with Gasteiger partial charge < -0.3 is 21.4 Å². The second-order valence-corrected chi connectivity index (χ2v) is 5.73. The van der Waals surface area contributed by atoms with E-state index in [1.54, 1.807) is 36.7 Å². The van der Waals surface area contributed by atoms with Crippen molar-refractivity contribution in [1.82, 2.24) is 16.0 Å². The Hall–Kier alpha value is -2.19. The summed E-state index contributed by atoms with van der Waals surface area (Å²) in [4.78, 5) is 23.0. The molecule has 0 fully saturated rings. The fraction of sp³-hybridized carbons (Fsp3) is 0.300. The van der Waals surface area contributed by atoms with Gasteiger partial charge in [0.15, 0.2) is 11.6 Å². The van der Waals surface area contributed by atoms with Crippen molar-refractivity contribution in [3.63, 3.8) is 0 Å². The molecule has 2 rings (SSSR count). The molecule has 0 atom stereocenters. The van der Waals surface area contributed by atoms with E-state index in [9.17, 15) is 9.59 Å². The van der Waals surface area contributed by atoms with Crippen LogP contribution in [0.4, 0.5) is 0 Å². The quantitative estimate of drug-likeness (QED) is 0.362. The van der Waals surface area contributed by atoms with Gasteiger partial charge in [0.1, 0.15) is 0 Å². The number of hydrogen-bond donors (Lipinski definition) is 3. The molecule has 0 aromatic rings. The molecule has 0 saturated heterocycles. The molecule has 0 aliphatic heterocycles. The molecule has 5 N–H and O–H groups in total. The Labute approximate surface area is 170 Å². The molecule has 0 spiro atoms. The molecule has 2 aliphatic carbocycles. The van der Waals surface area contributed by atoms with Gasteiger partial charge in [-0.3, -0.25) is 9.59 Å². The molecule has 7 heteroatoms. The van der Waals surface area contributed by atoms with Gasteiger partial charge in [-0.05, 0) is 50.2 Å². The van der Waals surface area contributed by atoms with E-state index in [4.69, 9.17) is 0 Å². The predicted molar refractivity (Wildman–Crippen MR) is 104 cm³/mol. The van der Waals surface area contributed by atoms with Gasteiger partial charge in [0.25, 0.3) is 0 Å². The van der Waals surface area contributed by atoms with Gasteiger partial charge in [0.05, 0.1) is 0 Å². The van der Waals surface area contributed by atoms with Crippen LogP contribution in [0.25, 0.3) is 0 Å². The molecule has 0 amide bonds. The maximum atomic E-state index is 11.5. The minimum absolute atomic E-state index is 0. The van der Waals surface area contributed by atoms with E-state index in [0.29, 0.717) is 11.1 Å². The van der Waals surface area contributed by atoms with Gasteiger partial charge in [-0.1, -0.05) is 24.3 Å². The van der Waals surface area contributed by atoms with Crippen LogP contribution in [0.1, 0.15) is 12.8 Å². The Morgan fingerprint density at radius 1 is 0.667 bits per heavy atom. The number of carbonyl (C=O) groups excluding carboxylic acids is 2. The fourth-order valence-corrected chi connectivity index (χ4v) is 2.32. The van der Waals surface area contributed by atoms with Gasteiger partial charge in [-0.25, -0.2) is 0 Å². The molecule has 0 heterocycles. The Bertz CT molecular complexity index is 605. The first-order valence-electron chi connectivity index (χ1n) is 8.63. The van der Waals surface area contributed by atoms with E-state index in [1.807, 2.05) is 24.3 Å². The molecule has 1 radical (unpaired) electrons. The summed E-state index contributed by atoms with van der Waals surface area (Å²) < 4.78 is 0. The van der Waals surface area contributed by atoms with Gasteiger partial charge in [0, 0.05) is 53.4 Å². The minimum Gasteiger partial charge on any atom is -0.412 e. The van der Waals surface area contributed by atoms with E-state index < -0.39 is 0 Å². The van der Waals surface area contributed by atoms with Crippen LogP contribution in [0.5, 0.6) is 0 Å². The van der Waals surface area contributed by atoms with Crippen molar-refractivity contribution in [1.29, 1.82) is 0 Å². The van der Waals surface area contributed by atoms with Gasteiger partial charge in [-0.2, -0.15) is 0 Å². The molecule has 0 saturated carbocycles. The van der Waals surface area contributed by atoms with Crippen LogP contribution in [-0.2, 0) is 26.4 Å². The van der Waals surface area contributed by atoms with Crippen LogP contribution in [0, 0.1) is 0 Å². The maximum absolute atomic E-state index is 11.5. The predicted octanol–water partition coefficient (Wildman–Crippen LogP) is 0.866. The third-order valence-electron chi connectivity index (χ3n) is 3.70. The number of carbonyl (C=O) groups is 2. The van der Waals surface area contributed by atoms with Crippen molar-refractivity contribution in [2.24, 2.45) is 0 Å². The number of hydrogen-bond acceptors (Lipinski definition) is 5. The molecule has 0 unspecified atom stereocenters. The fourth-order valence-electron chi connectivity index (χ4n) is 2.32. The third-order valence-corrected chi connectivity index (χ3v) is 3.70. The zero-order valence-corrected chi connectivity index (χ0v) is 16.2. The molecule has 149 valence electrons. The zero-order chi connectivity index (χ0) is 17.7. The van der Waals surface area contributed by atoms with Crippen LogP contribution in [0.15, 0.2) is 72.2 Å². The van der Waals surface area contributed by atoms with Crippen molar-refractivity contribution >= 4 is 11.6 Å². The average Bonchev–Trinajstić information content (AvgIpc) is 2.62. The molecule has 0 bridgehead atoms. The first-order chi connectivity index (χ1) is 12.3. The molecule has 27 heavy (non-hydrogen) atoms. The van der Waals surface area contributed by atoms with Crippen molar-refractivity contribution in [2.75, 3.05) is 26.2 Å². The Balaban J connectivity index is 0.00000338. The molecule has 6 nitrogen and oxygen atoms in total. The topological polar surface area (TPSA) is 102 Å². The molecule has 0 aromatic carbocycles. The third kappa shape index (κ3) is 9.91. The second kappa shape index (κ2) is 14.9. The van der Waals surface area contributed by atoms with Crippen LogP contribution in [0.2, 0.25) is 0 Å². The monoisotopic (exact) mass is 416 g/mol. The normalized spacial score (nSPS) is 17.8. The van der Waals surface area contributed by atoms with Crippen molar-refractivity contribution < 1.29 is 31.8 Å². The van der Waals surface area contributed by atoms with E-state index >= 15 is 0 Å². The largest absolute Gasteiger partial charge is 0.412 e. The number of allylic oxidation sites excluding steroid dienone is 10. The average molecular weight is 416 g/mol. The summed E-state index contributed by atoms with van der Waals surface area (Å²) in [7, 11) is 0. The van der Waals surface area contributed by atoms with E-state index in [2.05, 4.69) is 16.0 Å². The zero-order valence-electron chi connectivity index (χ0n) is 15.2. The van der Waals surface area contributed by atoms with Crippen LogP contribution in [-0.4, -0.2) is 43.2 Å². The first-order valence-corrected chi connectivity index (χ1v) is 8.63. The second-order valence-electron chi connectivity index (χ2n) is 5.73. The van der Waals surface area contributed by atoms with Crippen LogP contribution < -0.4 is 16.0 Å². The number of rotatable bonds is 10. The number of ketones is 2. The van der Waals surface area contributed by atoms with Gasteiger partial charge >= 0.3 is 0 Å². The van der Waals surface area contributed by atoms with Crippen molar-refractivity contribution in [3.05, 3.63) is 72.2 Å². The van der Waals surface area contributed by atoms with Crippen molar-refractivity contribution in [2.45, 2.75) is 12.8 Å². The van der Waals surface area contributed by atoms with Crippen LogP contribution in [0.3, 0.4) is 0 Å². The summed E-state index contributed by atoms with van der Waals surface area (Å²) in [5, 5.41) is 9.70.